The first-order chi connectivity index (χ1) is 13.4. The van der Waals surface area contributed by atoms with Crippen LogP contribution in [0.3, 0.4) is 0 Å². The van der Waals surface area contributed by atoms with Crippen molar-refractivity contribution in [3.63, 3.8) is 0 Å². The van der Waals surface area contributed by atoms with E-state index in [1.54, 1.807) is 19.2 Å². The van der Waals surface area contributed by atoms with Crippen LogP contribution in [0.4, 0.5) is 5.82 Å². The maximum absolute atomic E-state index is 12.2. The Balaban J connectivity index is 0.00000420. The van der Waals surface area contributed by atoms with Gasteiger partial charge < -0.3 is 26.8 Å². The number of hydrogen-bond acceptors (Lipinski definition) is 6. The molecule has 0 spiro atoms. The molecule has 0 saturated carbocycles. The summed E-state index contributed by atoms with van der Waals surface area (Å²) in [6.07, 6.45) is 2.75. The summed E-state index contributed by atoms with van der Waals surface area (Å²) in [5.41, 5.74) is 13.5. The van der Waals surface area contributed by atoms with Crippen molar-refractivity contribution in [2.75, 3.05) is 12.8 Å². The molecule has 2 rings (SSSR count). The third kappa shape index (κ3) is 8.44. The molecule has 0 radical (unpaired) electrons. The third-order valence-corrected chi connectivity index (χ3v) is 4.30. The number of amides is 2. The molecule has 166 valence electrons. The van der Waals surface area contributed by atoms with E-state index in [-0.39, 0.29) is 49.0 Å². The number of pyridine rings is 1. The van der Waals surface area contributed by atoms with E-state index in [4.69, 9.17) is 16.2 Å². The molecule has 2 unspecified atom stereocenters. The molecule has 6 N–H and O–H groups in total. The van der Waals surface area contributed by atoms with Gasteiger partial charge in [0.05, 0.1) is 13.2 Å². The fraction of sp³-hybridized carbons (Fsp3) is 0.350. The fourth-order valence-corrected chi connectivity index (χ4v) is 2.58. The second-order valence-electron chi connectivity index (χ2n) is 6.51. The van der Waals surface area contributed by atoms with Gasteiger partial charge in [-0.25, -0.2) is 4.98 Å². The Labute approximate surface area is 189 Å². The summed E-state index contributed by atoms with van der Waals surface area (Å²) in [5, 5.41) is 5.39. The van der Waals surface area contributed by atoms with Crippen LogP contribution in [0.2, 0.25) is 0 Å². The van der Waals surface area contributed by atoms with Gasteiger partial charge in [0.25, 0.3) is 0 Å². The van der Waals surface area contributed by atoms with E-state index < -0.39 is 12.1 Å². The number of carbonyl (C=O) groups excluding carboxylic acids is 2. The van der Waals surface area contributed by atoms with Crippen molar-refractivity contribution in [1.82, 2.24) is 15.6 Å². The molecule has 1 aromatic carbocycles. The van der Waals surface area contributed by atoms with Crippen LogP contribution >= 0.6 is 24.8 Å². The monoisotopic (exact) mass is 457 g/mol. The number of halogens is 2. The second-order valence-corrected chi connectivity index (χ2v) is 6.51. The van der Waals surface area contributed by atoms with E-state index in [0.717, 1.165) is 11.1 Å². The van der Waals surface area contributed by atoms with E-state index >= 15 is 0 Å². The lowest BCUT2D eigenvalue weighted by Crippen LogP contribution is -2.50. The number of carbonyl (C=O) groups is 2. The summed E-state index contributed by atoms with van der Waals surface area (Å²) >= 11 is 0. The predicted octanol–water partition coefficient (Wildman–Crippen LogP) is 1.60. The number of hydrogen-bond donors (Lipinski definition) is 4. The zero-order valence-electron chi connectivity index (χ0n) is 17.0. The smallest absolute Gasteiger partial charge is 0.242 e. The van der Waals surface area contributed by atoms with Crippen LogP contribution in [0, 0.1) is 0 Å². The molecule has 2 atom stereocenters. The highest BCUT2D eigenvalue weighted by Crippen LogP contribution is 2.18. The molecule has 0 aliphatic rings. The summed E-state index contributed by atoms with van der Waals surface area (Å²) in [7, 11) is 1.49. The molecule has 30 heavy (non-hydrogen) atoms. The molecule has 0 saturated heterocycles. The largest absolute Gasteiger partial charge is 0.493 e. The first-order valence-corrected chi connectivity index (χ1v) is 9.06. The standard InChI is InChI=1S/C20H27N5O3.2ClH/c1-13(19(26)24-12-15-10-17(28-2)18(22)23-11-15)25-20(27)16(21)9-8-14-6-4-3-5-7-14;;/h3-7,10-11,13,16H,8-9,12,21H2,1-2H3,(H2,22,23)(H,24,26)(H,25,27);2*1H. The second kappa shape index (κ2) is 13.6. The molecule has 2 aromatic rings. The highest BCUT2D eigenvalue weighted by Gasteiger charge is 2.20. The van der Waals surface area contributed by atoms with Crippen LogP contribution in [0.25, 0.3) is 0 Å². The van der Waals surface area contributed by atoms with Crippen molar-refractivity contribution in [1.29, 1.82) is 0 Å². The summed E-state index contributed by atoms with van der Waals surface area (Å²) in [6.45, 7) is 1.85. The number of ether oxygens (including phenoxy) is 1. The number of nitrogens with zero attached hydrogens (tertiary/aromatic N) is 1. The number of nitrogens with two attached hydrogens (primary N) is 2. The number of methoxy groups -OCH3 is 1. The summed E-state index contributed by atoms with van der Waals surface area (Å²) in [6, 6.07) is 10.1. The topological polar surface area (TPSA) is 132 Å². The molecule has 2 amide bonds. The molecule has 0 bridgehead atoms. The highest BCUT2D eigenvalue weighted by molar-refractivity contribution is 5.89. The van der Waals surface area contributed by atoms with Gasteiger partial charge in [-0.1, -0.05) is 30.3 Å². The molecule has 10 heteroatoms. The van der Waals surface area contributed by atoms with Crippen molar-refractivity contribution < 1.29 is 14.3 Å². The molecule has 1 aromatic heterocycles. The molecule has 0 aliphatic carbocycles. The van der Waals surface area contributed by atoms with Gasteiger partial charge in [0.1, 0.15) is 6.04 Å². The average Bonchev–Trinajstić information content (AvgIpc) is 2.71. The maximum Gasteiger partial charge on any atom is 0.242 e. The Kier molecular flexibility index (Phi) is 12.5. The lowest BCUT2D eigenvalue weighted by Gasteiger charge is -2.17. The molecule has 0 aliphatic heterocycles. The van der Waals surface area contributed by atoms with Crippen LogP contribution in [0.5, 0.6) is 5.75 Å². The van der Waals surface area contributed by atoms with E-state index in [2.05, 4.69) is 15.6 Å². The Morgan fingerprint density at radius 1 is 1.13 bits per heavy atom. The maximum atomic E-state index is 12.2. The minimum absolute atomic E-state index is 0. The van der Waals surface area contributed by atoms with Gasteiger partial charge in [-0.05, 0) is 37.0 Å². The Morgan fingerprint density at radius 2 is 1.80 bits per heavy atom. The van der Waals surface area contributed by atoms with Crippen molar-refractivity contribution in [2.45, 2.75) is 38.4 Å². The van der Waals surface area contributed by atoms with E-state index in [9.17, 15) is 9.59 Å². The summed E-state index contributed by atoms with van der Waals surface area (Å²) < 4.78 is 5.10. The van der Waals surface area contributed by atoms with Crippen LogP contribution < -0.4 is 26.8 Å². The van der Waals surface area contributed by atoms with Gasteiger partial charge in [-0.15, -0.1) is 24.8 Å². The van der Waals surface area contributed by atoms with Crippen LogP contribution in [-0.2, 0) is 22.6 Å². The number of aryl methyl sites for hydroxylation is 1. The number of rotatable bonds is 9. The summed E-state index contributed by atoms with van der Waals surface area (Å²) in [5.74, 6) is 0.0500. The fourth-order valence-electron chi connectivity index (χ4n) is 2.58. The zero-order chi connectivity index (χ0) is 20.5. The Morgan fingerprint density at radius 3 is 2.43 bits per heavy atom. The van der Waals surface area contributed by atoms with Gasteiger partial charge in [0, 0.05) is 12.7 Å². The number of aromatic nitrogens is 1. The quantitative estimate of drug-likeness (QED) is 0.451. The normalized spacial score (nSPS) is 11.8. The lowest BCUT2D eigenvalue weighted by molar-refractivity contribution is -0.129. The van der Waals surface area contributed by atoms with Crippen LogP contribution in [0.15, 0.2) is 42.6 Å². The molecular weight excluding hydrogens is 429 g/mol. The Hall–Kier alpha value is -2.55. The van der Waals surface area contributed by atoms with E-state index in [0.29, 0.717) is 18.6 Å². The van der Waals surface area contributed by atoms with Crippen molar-refractivity contribution in [2.24, 2.45) is 5.73 Å². The first kappa shape index (κ1) is 27.5. The van der Waals surface area contributed by atoms with Crippen molar-refractivity contribution >= 4 is 42.4 Å². The van der Waals surface area contributed by atoms with Crippen molar-refractivity contribution in [3.05, 3.63) is 53.7 Å². The van der Waals surface area contributed by atoms with Gasteiger partial charge in [0.15, 0.2) is 11.6 Å². The predicted molar refractivity (Wildman–Crippen MR) is 122 cm³/mol. The molecular formula is C20H29Cl2N5O3. The average molecular weight is 458 g/mol. The molecule has 0 fully saturated rings. The minimum atomic E-state index is -0.709. The van der Waals surface area contributed by atoms with Gasteiger partial charge in [-0.3, -0.25) is 9.59 Å². The van der Waals surface area contributed by atoms with E-state index in [1.165, 1.54) is 7.11 Å². The number of nitrogens with one attached hydrogen (secondary N) is 2. The van der Waals surface area contributed by atoms with E-state index in [1.807, 2.05) is 30.3 Å². The SMILES string of the molecule is COc1cc(CNC(=O)C(C)NC(=O)C(N)CCc2ccccc2)cnc1N.Cl.Cl. The van der Waals surface area contributed by atoms with Gasteiger partial charge in [-0.2, -0.15) is 0 Å². The summed E-state index contributed by atoms with van der Waals surface area (Å²) in [4.78, 5) is 28.5. The lowest BCUT2D eigenvalue weighted by atomic mass is 10.1. The molecule has 8 nitrogen and oxygen atoms in total. The highest BCUT2D eigenvalue weighted by atomic mass is 35.5. The van der Waals surface area contributed by atoms with Gasteiger partial charge >= 0.3 is 0 Å². The van der Waals surface area contributed by atoms with Crippen LogP contribution in [-0.4, -0.2) is 36.0 Å². The van der Waals surface area contributed by atoms with Crippen molar-refractivity contribution in [3.8, 4) is 5.75 Å². The minimum Gasteiger partial charge on any atom is -0.493 e. The van der Waals surface area contributed by atoms with Crippen LogP contribution in [0.1, 0.15) is 24.5 Å². The number of anilines is 1. The zero-order valence-corrected chi connectivity index (χ0v) is 18.6. The number of nitrogen functional groups attached to an aromatic ring is 1. The third-order valence-electron chi connectivity index (χ3n) is 4.30. The first-order valence-electron chi connectivity index (χ1n) is 9.06. The molecule has 1 heterocycles. The Bertz CT molecular complexity index is 808. The van der Waals surface area contributed by atoms with Gasteiger partial charge in [0.2, 0.25) is 11.8 Å². The number of benzene rings is 1.